The van der Waals surface area contributed by atoms with Crippen molar-refractivity contribution in [3.63, 3.8) is 0 Å². The molecule has 1 saturated heterocycles. The second-order valence-corrected chi connectivity index (χ2v) is 7.21. The Morgan fingerprint density at radius 2 is 1.85 bits per heavy atom. The van der Waals surface area contributed by atoms with Crippen LogP contribution in [0.4, 0.5) is 5.82 Å². The number of rotatable bonds is 7. The van der Waals surface area contributed by atoms with Crippen molar-refractivity contribution >= 4 is 16.7 Å². The minimum absolute atomic E-state index is 0.362. The van der Waals surface area contributed by atoms with Crippen molar-refractivity contribution < 1.29 is 17.9 Å². The van der Waals surface area contributed by atoms with Gasteiger partial charge in [0.2, 0.25) is 10.9 Å². The highest BCUT2D eigenvalue weighted by molar-refractivity contribution is 7.70. The number of nitrogens with one attached hydrogen (secondary N) is 1. The van der Waals surface area contributed by atoms with E-state index in [1.165, 1.54) is 0 Å². The van der Waals surface area contributed by atoms with E-state index in [0.29, 0.717) is 24.0 Å². The Labute approximate surface area is 160 Å². The third-order valence-electron chi connectivity index (χ3n) is 4.78. The molecule has 0 atom stereocenters. The fraction of sp³-hybridized carbons (Fsp3) is 0.444. The van der Waals surface area contributed by atoms with Gasteiger partial charge in [0.25, 0.3) is 0 Å². The molecule has 0 bridgehead atoms. The van der Waals surface area contributed by atoms with E-state index in [1.54, 1.807) is 20.5 Å². The van der Waals surface area contributed by atoms with Gasteiger partial charge in [0.05, 0.1) is 19.9 Å². The molecule has 1 aliphatic rings. The van der Waals surface area contributed by atoms with E-state index < -0.39 is 10.9 Å². The van der Waals surface area contributed by atoms with Crippen LogP contribution in [-0.2, 0) is 10.9 Å². The quantitative estimate of drug-likeness (QED) is 0.690. The molecule has 0 unspecified atom stereocenters. The van der Waals surface area contributed by atoms with Gasteiger partial charge in [0, 0.05) is 31.3 Å². The van der Waals surface area contributed by atoms with Crippen LogP contribution in [0.1, 0.15) is 12.8 Å². The van der Waals surface area contributed by atoms with Crippen molar-refractivity contribution in [1.29, 1.82) is 0 Å². The Morgan fingerprint density at radius 1 is 1.11 bits per heavy atom. The SMILES string of the molecule is COc1ccc(-c2cc(N3CCC(CN[SH](=O)=O)CC3)ncn2)cc1OC. The zero-order valence-corrected chi connectivity index (χ0v) is 16.3. The fourth-order valence-electron chi connectivity index (χ4n) is 3.24. The molecule has 0 aliphatic carbocycles. The monoisotopic (exact) mass is 392 g/mol. The minimum atomic E-state index is -2.52. The summed E-state index contributed by atoms with van der Waals surface area (Å²) in [6, 6.07) is 7.66. The summed E-state index contributed by atoms with van der Waals surface area (Å²) in [4.78, 5) is 11.0. The normalized spacial score (nSPS) is 15.1. The zero-order chi connectivity index (χ0) is 19.2. The molecule has 1 aromatic carbocycles. The number of aromatic nitrogens is 2. The van der Waals surface area contributed by atoms with Crippen LogP contribution in [0.25, 0.3) is 11.3 Å². The van der Waals surface area contributed by atoms with E-state index in [-0.39, 0.29) is 0 Å². The van der Waals surface area contributed by atoms with Crippen molar-refractivity contribution in [2.75, 3.05) is 38.8 Å². The third kappa shape index (κ3) is 4.86. The summed E-state index contributed by atoms with van der Waals surface area (Å²) in [6.45, 7) is 2.18. The van der Waals surface area contributed by atoms with Gasteiger partial charge in [0.15, 0.2) is 11.5 Å². The lowest BCUT2D eigenvalue weighted by Crippen LogP contribution is -2.37. The van der Waals surface area contributed by atoms with Gasteiger partial charge in [-0.25, -0.2) is 23.1 Å². The summed E-state index contributed by atoms with van der Waals surface area (Å²) in [5.41, 5.74) is 1.74. The molecule has 1 N–H and O–H groups in total. The Morgan fingerprint density at radius 3 is 2.52 bits per heavy atom. The van der Waals surface area contributed by atoms with E-state index in [1.807, 2.05) is 24.3 Å². The Hall–Kier alpha value is -2.39. The van der Waals surface area contributed by atoms with Crippen LogP contribution < -0.4 is 19.1 Å². The predicted octanol–water partition coefficient (Wildman–Crippen LogP) is 1.49. The van der Waals surface area contributed by atoms with Crippen molar-refractivity contribution in [3.05, 3.63) is 30.6 Å². The van der Waals surface area contributed by atoms with Gasteiger partial charge in [-0.2, -0.15) is 0 Å². The smallest absolute Gasteiger partial charge is 0.201 e. The first-order valence-electron chi connectivity index (χ1n) is 8.78. The van der Waals surface area contributed by atoms with Gasteiger partial charge in [0.1, 0.15) is 12.1 Å². The second kappa shape index (κ2) is 9.01. The number of hydrogen-bond donors (Lipinski definition) is 2. The van der Waals surface area contributed by atoms with Crippen LogP contribution in [0, 0.1) is 5.92 Å². The maximum atomic E-state index is 10.7. The predicted molar refractivity (Wildman–Crippen MR) is 104 cm³/mol. The number of hydrogen-bond acceptors (Lipinski definition) is 7. The maximum Gasteiger partial charge on any atom is 0.201 e. The zero-order valence-electron chi connectivity index (χ0n) is 15.4. The Balaban J connectivity index is 1.71. The molecule has 3 rings (SSSR count). The number of methoxy groups -OCH3 is 2. The molecule has 2 aromatic rings. The first kappa shape index (κ1) is 19.4. The molecular formula is C18H24N4O4S. The van der Waals surface area contributed by atoms with Crippen LogP contribution in [0.2, 0.25) is 0 Å². The molecule has 1 aromatic heterocycles. The molecule has 9 heteroatoms. The van der Waals surface area contributed by atoms with Gasteiger partial charge in [-0.1, -0.05) is 0 Å². The van der Waals surface area contributed by atoms with E-state index in [2.05, 4.69) is 19.6 Å². The summed E-state index contributed by atoms with van der Waals surface area (Å²) in [7, 11) is 0.690. The number of nitrogens with zero attached hydrogens (tertiary/aromatic N) is 3. The van der Waals surface area contributed by atoms with Crippen molar-refractivity contribution in [1.82, 2.24) is 14.7 Å². The third-order valence-corrected chi connectivity index (χ3v) is 5.22. The topological polar surface area (TPSA) is 93.7 Å². The number of piperidine rings is 1. The highest BCUT2D eigenvalue weighted by atomic mass is 32.2. The van der Waals surface area contributed by atoms with Gasteiger partial charge in [-0.05, 0) is 37.0 Å². The van der Waals surface area contributed by atoms with E-state index in [9.17, 15) is 8.42 Å². The number of benzene rings is 1. The summed E-state index contributed by atoms with van der Waals surface area (Å²) in [6.07, 6.45) is 3.41. The highest BCUT2D eigenvalue weighted by Crippen LogP contribution is 2.32. The van der Waals surface area contributed by atoms with E-state index in [4.69, 9.17) is 9.47 Å². The van der Waals surface area contributed by atoms with Gasteiger partial charge >= 0.3 is 0 Å². The summed E-state index contributed by atoms with van der Waals surface area (Å²) < 4.78 is 34.5. The maximum absolute atomic E-state index is 10.7. The van der Waals surface area contributed by atoms with Crippen LogP contribution in [0.5, 0.6) is 11.5 Å². The van der Waals surface area contributed by atoms with Crippen molar-refractivity contribution in [3.8, 4) is 22.8 Å². The minimum Gasteiger partial charge on any atom is -0.493 e. The summed E-state index contributed by atoms with van der Waals surface area (Å²) >= 11 is 0. The molecule has 2 heterocycles. The Bertz CT molecular complexity index is 843. The summed E-state index contributed by atoms with van der Waals surface area (Å²) in [5, 5.41) is 0. The lowest BCUT2D eigenvalue weighted by atomic mass is 9.97. The largest absolute Gasteiger partial charge is 0.493 e. The van der Waals surface area contributed by atoms with Crippen molar-refractivity contribution in [2.45, 2.75) is 12.8 Å². The van der Waals surface area contributed by atoms with Crippen LogP contribution in [0.3, 0.4) is 0 Å². The van der Waals surface area contributed by atoms with Gasteiger partial charge in [-0.15, -0.1) is 0 Å². The average Bonchev–Trinajstić information content (AvgIpc) is 2.72. The lowest BCUT2D eigenvalue weighted by Gasteiger charge is -2.32. The van der Waals surface area contributed by atoms with Crippen LogP contribution in [0.15, 0.2) is 30.6 Å². The first-order chi connectivity index (χ1) is 13.1. The molecule has 0 radical (unpaired) electrons. The molecule has 27 heavy (non-hydrogen) atoms. The van der Waals surface area contributed by atoms with Gasteiger partial charge in [-0.3, -0.25) is 0 Å². The number of thiol groups is 1. The van der Waals surface area contributed by atoms with Crippen LogP contribution >= 0.6 is 0 Å². The van der Waals surface area contributed by atoms with Crippen LogP contribution in [-0.4, -0.2) is 52.2 Å². The molecule has 8 nitrogen and oxygen atoms in total. The standard InChI is InChI=1S/C18H24N4O4S/c1-25-16-4-3-14(9-17(16)26-2)15-10-18(20-12-19-15)22-7-5-13(6-8-22)11-21-27(23)24/h3-4,9-10,12-13,27H,5-8,11H2,1-2H3,(H,21,23,24). The summed E-state index contributed by atoms with van der Waals surface area (Å²) in [5.74, 6) is 2.56. The van der Waals surface area contributed by atoms with Crippen molar-refractivity contribution in [2.24, 2.45) is 5.92 Å². The first-order valence-corrected chi connectivity index (χ1v) is 9.95. The molecule has 0 spiro atoms. The number of ether oxygens (including phenoxy) is 2. The van der Waals surface area contributed by atoms with E-state index in [0.717, 1.165) is 43.0 Å². The molecule has 1 aliphatic heterocycles. The lowest BCUT2D eigenvalue weighted by molar-refractivity contribution is 0.355. The highest BCUT2D eigenvalue weighted by Gasteiger charge is 2.20. The molecule has 146 valence electrons. The van der Waals surface area contributed by atoms with E-state index >= 15 is 0 Å². The molecular weight excluding hydrogens is 368 g/mol. The Kier molecular flexibility index (Phi) is 6.46. The molecule has 0 saturated carbocycles. The fourth-order valence-corrected chi connectivity index (χ4v) is 3.65. The number of anilines is 1. The van der Waals surface area contributed by atoms with Gasteiger partial charge < -0.3 is 14.4 Å². The second-order valence-electron chi connectivity index (χ2n) is 6.38. The average molecular weight is 392 g/mol. The molecule has 1 fully saturated rings. The molecule has 0 amide bonds.